The molecular formula is C44H55N11O7. The minimum absolute atomic E-state index is 0.0186. The van der Waals surface area contributed by atoms with Crippen molar-refractivity contribution in [2.24, 2.45) is 22.2 Å². The molecule has 1 aromatic heterocycles. The second-order valence-corrected chi connectivity index (χ2v) is 15.1. The molecule has 0 bridgehead atoms. The first kappa shape index (κ1) is 45.8. The van der Waals surface area contributed by atoms with E-state index in [9.17, 15) is 33.6 Å². The maximum Gasteiger partial charge on any atom is 0.246 e. The van der Waals surface area contributed by atoms with Gasteiger partial charge in [0.1, 0.15) is 18.1 Å². The second-order valence-electron chi connectivity index (χ2n) is 15.1. The van der Waals surface area contributed by atoms with Crippen molar-refractivity contribution in [2.75, 3.05) is 32.7 Å². The van der Waals surface area contributed by atoms with Gasteiger partial charge in [0.05, 0.1) is 13.1 Å². The van der Waals surface area contributed by atoms with Crippen molar-refractivity contribution in [3.63, 3.8) is 0 Å². The lowest BCUT2D eigenvalue weighted by molar-refractivity contribution is -0.139. The summed E-state index contributed by atoms with van der Waals surface area (Å²) in [7, 11) is 0. The summed E-state index contributed by atoms with van der Waals surface area (Å²) in [5, 5.41) is 11.9. The summed E-state index contributed by atoms with van der Waals surface area (Å²) in [6.07, 6.45) is 2.05. The van der Waals surface area contributed by atoms with Gasteiger partial charge in [0.15, 0.2) is 5.96 Å². The minimum Gasteiger partial charge on any atom is -0.370 e. The molecule has 18 heteroatoms. The van der Waals surface area contributed by atoms with E-state index in [1.54, 1.807) is 30.5 Å². The molecule has 1 fully saturated rings. The zero-order valence-electron chi connectivity index (χ0n) is 34.5. The van der Waals surface area contributed by atoms with Crippen LogP contribution in [0, 0.1) is 0 Å². The number of benzene rings is 3. The highest BCUT2D eigenvalue weighted by Gasteiger charge is 2.33. The summed E-state index contributed by atoms with van der Waals surface area (Å²) in [6.45, 7) is -0.893. The lowest BCUT2D eigenvalue weighted by Crippen LogP contribution is -2.59. The van der Waals surface area contributed by atoms with Gasteiger partial charge in [-0.2, -0.15) is 0 Å². The molecule has 7 amide bonds. The minimum atomic E-state index is -1.27. The van der Waals surface area contributed by atoms with E-state index >= 15 is 0 Å². The number of rotatable bonds is 12. The van der Waals surface area contributed by atoms with Crippen LogP contribution in [0.5, 0.6) is 0 Å². The first-order valence-electron chi connectivity index (χ1n) is 20.6. The van der Waals surface area contributed by atoms with Crippen LogP contribution in [-0.4, -0.2) is 113 Å². The van der Waals surface area contributed by atoms with Crippen LogP contribution < -0.4 is 38.5 Å². The average molecular weight is 850 g/mol. The van der Waals surface area contributed by atoms with E-state index in [0.717, 1.165) is 21.4 Å². The molecule has 4 aromatic rings. The fourth-order valence-corrected chi connectivity index (χ4v) is 7.20. The lowest BCUT2D eigenvalue weighted by Gasteiger charge is -2.29. The molecule has 2 heterocycles. The van der Waals surface area contributed by atoms with Crippen LogP contribution in [0.15, 0.2) is 96.1 Å². The highest BCUT2D eigenvalue weighted by atomic mass is 16.2. The van der Waals surface area contributed by atoms with Gasteiger partial charge in [-0.05, 0) is 42.0 Å². The average Bonchev–Trinajstić information content (AvgIpc) is 3.66. The van der Waals surface area contributed by atoms with Crippen LogP contribution in [0.25, 0.3) is 10.9 Å². The number of para-hydroxylation sites is 1. The number of nitrogens with one attached hydrogen (secondary N) is 5. The van der Waals surface area contributed by atoms with Crippen molar-refractivity contribution in [1.29, 1.82) is 0 Å². The van der Waals surface area contributed by atoms with Gasteiger partial charge in [-0.15, -0.1) is 0 Å². The Labute approximate surface area is 359 Å². The molecule has 3 atom stereocenters. The maximum atomic E-state index is 14.4. The Morgan fingerprint density at radius 3 is 2.08 bits per heavy atom. The van der Waals surface area contributed by atoms with Gasteiger partial charge in [0.25, 0.3) is 0 Å². The number of aromatic nitrogens is 1. The van der Waals surface area contributed by atoms with Crippen LogP contribution in [0.1, 0.15) is 48.8 Å². The van der Waals surface area contributed by atoms with Crippen molar-refractivity contribution in [3.05, 3.63) is 108 Å². The van der Waals surface area contributed by atoms with E-state index in [4.69, 9.17) is 17.2 Å². The molecule has 328 valence electrons. The second kappa shape index (κ2) is 22.9. The van der Waals surface area contributed by atoms with Gasteiger partial charge >= 0.3 is 0 Å². The number of carbonyl (C=O) groups excluding carboxylic acids is 7. The van der Waals surface area contributed by atoms with Crippen LogP contribution in [-0.2, 0) is 52.9 Å². The molecule has 1 aliphatic rings. The van der Waals surface area contributed by atoms with Crippen LogP contribution in [0.3, 0.4) is 0 Å². The third kappa shape index (κ3) is 14.2. The highest BCUT2D eigenvalue weighted by molar-refractivity contribution is 5.96. The van der Waals surface area contributed by atoms with Crippen LogP contribution >= 0.6 is 0 Å². The molecular weight excluding hydrogens is 795 g/mol. The highest BCUT2D eigenvalue weighted by Crippen LogP contribution is 2.20. The molecule has 18 nitrogen and oxygen atoms in total. The number of amides is 7. The molecule has 0 saturated carbocycles. The molecule has 0 spiro atoms. The Morgan fingerprint density at radius 2 is 1.37 bits per heavy atom. The zero-order valence-corrected chi connectivity index (χ0v) is 34.5. The summed E-state index contributed by atoms with van der Waals surface area (Å²) < 4.78 is 0. The number of hydrogen-bond acceptors (Lipinski definition) is 8. The lowest BCUT2D eigenvalue weighted by atomic mass is 10.0. The summed E-state index contributed by atoms with van der Waals surface area (Å²) >= 11 is 0. The molecule has 1 aliphatic heterocycles. The Kier molecular flexibility index (Phi) is 17.0. The largest absolute Gasteiger partial charge is 0.370 e. The third-order valence-corrected chi connectivity index (χ3v) is 10.3. The van der Waals surface area contributed by atoms with E-state index in [2.05, 4.69) is 31.2 Å². The van der Waals surface area contributed by atoms with Gasteiger partial charge in [-0.3, -0.25) is 38.6 Å². The molecule has 0 aliphatic carbocycles. The maximum absolute atomic E-state index is 14.4. The number of fused-ring (bicyclic) bond motifs is 1. The fraction of sp³-hybridized carbons (Fsp3) is 0.364. The van der Waals surface area contributed by atoms with Gasteiger partial charge in [0.2, 0.25) is 41.4 Å². The van der Waals surface area contributed by atoms with E-state index in [0.29, 0.717) is 11.1 Å². The monoisotopic (exact) mass is 849 g/mol. The van der Waals surface area contributed by atoms with Crippen molar-refractivity contribution in [1.82, 2.24) is 36.1 Å². The van der Waals surface area contributed by atoms with E-state index in [1.165, 1.54) is 4.90 Å². The quantitative estimate of drug-likeness (QED) is 0.0545. The molecule has 62 heavy (non-hydrogen) atoms. The number of carbonyl (C=O) groups is 7. The Bertz CT molecular complexity index is 2210. The normalized spacial score (nSPS) is 19.1. The molecule has 0 radical (unpaired) electrons. The van der Waals surface area contributed by atoms with Crippen molar-refractivity contribution in [3.8, 4) is 0 Å². The standard InChI is InChI=1S/C44H55N11O7/c45-37(56)27-54-22-21-48-38(57)18-9-19-40(59)55(26-30-13-5-2-6-14-30)28-39(58)51-35(23-29-11-3-1-4-12-29)42(61)52-34(17-10-20-49-44(46)47)41(60)53-36(43(54)62)24-31-25-50-33-16-8-7-15-32(31)33/h1-8,11-16,25,34-36,50H,9-10,17-24,26-28H2,(H2,45,56)(H,48,57)(H,51,58)(H,52,61)(H,53,60)(H4,46,47,49)/t34-,35+,36-/m0/s1. The first-order chi connectivity index (χ1) is 29.9. The number of nitrogens with two attached hydrogens (primary N) is 3. The first-order valence-corrected chi connectivity index (χ1v) is 20.6. The number of aliphatic imine (C=N–C) groups is 1. The summed E-state index contributed by atoms with van der Waals surface area (Å²) in [5.41, 5.74) is 19.6. The molecule has 11 N–H and O–H groups in total. The smallest absolute Gasteiger partial charge is 0.246 e. The van der Waals surface area contributed by atoms with Crippen LogP contribution in [0.4, 0.5) is 0 Å². The number of nitrogens with zero attached hydrogens (tertiary/aromatic N) is 3. The van der Waals surface area contributed by atoms with Gasteiger partial charge in [0, 0.05) is 69.0 Å². The Morgan fingerprint density at radius 1 is 0.710 bits per heavy atom. The van der Waals surface area contributed by atoms with Gasteiger partial charge < -0.3 is 53.3 Å². The molecule has 0 unspecified atom stereocenters. The fourth-order valence-electron chi connectivity index (χ4n) is 7.20. The Hall–Kier alpha value is -7.24. The summed E-state index contributed by atoms with van der Waals surface area (Å²) in [6, 6.07) is 21.7. The SMILES string of the molecule is NC(=O)CN1CCNC(=O)CCCC(=O)N(Cc2ccccc2)CC(=O)N[C@H](Cc2ccccc2)C(=O)N[C@@H](CCCN=C(N)N)C(=O)N[C@@H](Cc2c[nH]c3ccccc23)C1=O. The number of primary amides is 1. The molecule has 1 saturated heterocycles. The topological polar surface area (TPSA) is 280 Å². The predicted octanol–water partition coefficient (Wildman–Crippen LogP) is 0.104. The number of aromatic amines is 1. The van der Waals surface area contributed by atoms with Gasteiger partial charge in [-0.25, -0.2) is 0 Å². The van der Waals surface area contributed by atoms with E-state index in [1.807, 2.05) is 60.7 Å². The molecule has 5 rings (SSSR count). The van der Waals surface area contributed by atoms with Crippen molar-refractivity contribution in [2.45, 2.75) is 69.6 Å². The van der Waals surface area contributed by atoms with Gasteiger partial charge in [-0.1, -0.05) is 78.9 Å². The van der Waals surface area contributed by atoms with E-state index in [-0.39, 0.29) is 83.0 Å². The Balaban J connectivity index is 1.51. The summed E-state index contributed by atoms with van der Waals surface area (Å²) in [4.78, 5) is 106. The van der Waals surface area contributed by atoms with Crippen LogP contribution in [0.2, 0.25) is 0 Å². The number of H-pyrrole nitrogens is 1. The van der Waals surface area contributed by atoms with Crippen molar-refractivity contribution >= 4 is 58.2 Å². The summed E-state index contributed by atoms with van der Waals surface area (Å²) in [5.74, 6) is -4.48. The van der Waals surface area contributed by atoms with E-state index < -0.39 is 66.7 Å². The van der Waals surface area contributed by atoms with Crippen molar-refractivity contribution < 1.29 is 33.6 Å². The number of guanidine groups is 1. The zero-order chi connectivity index (χ0) is 44.4. The number of hydrogen-bond donors (Lipinski definition) is 8. The third-order valence-electron chi connectivity index (χ3n) is 10.3. The molecule has 3 aromatic carbocycles. The predicted molar refractivity (Wildman–Crippen MR) is 232 cm³/mol.